The highest BCUT2D eigenvalue weighted by molar-refractivity contribution is 4.86. The van der Waals surface area contributed by atoms with Crippen LogP contribution in [0.15, 0.2) is 6.33 Å². The molecule has 2 rings (SSSR count). The molecule has 0 radical (unpaired) electrons. The smallest absolute Gasteiger partial charge is 0.140 e. The SMILES string of the molecule is CCCn1ncnc1CN[C@H](C)C1CCCCC1. The summed E-state index contributed by atoms with van der Waals surface area (Å²) in [5.41, 5.74) is 0. The van der Waals surface area contributed by atoms with Crippen molar-refractivity contribution in [2.45, 2.75) is 71.5 Å². The fourth-order valence-corrected chi connectivity index (χ4v) is 2.88. The van der Waals surface area contributed by atoms with Crippen LogP contribution in [0, 0.1) is 5.92 Å². The lowest BCUT2D eigenvalue weighted by Gasteiger charge is -2.28. The zero-order chi connectivity index (χ0) is 12.8. The predicted molar refractivity (Wildman–Crippen MR) is 73.2 cm³/mol. The van der Waals surface area contributed by atoms with Crippen molar-refractivity contribution in [2.24, 2.45) is 5.92 Å². The zero-order valence-corrected chi connectivity index (χ0v) is 11.7. The molecule has 1 atom stereocenters. The summed E-state index contributed by atoms with van der Waals surface area (Å²) in [4.78, 5) is 4.34. The summed E-state index contributed by atoms with van der Waals surface area (Å²) in [7, 11) is 0. The van der Waals surface area contributed by atoms with Crippen molar-refractivity contribution in [2.75, 3.05) is 0 Å². The molecule has 0 spiro atoms. The largest absolute Gasteiger partial charge is 0.307 e. The van der Waals surface area contributed by atoms with E-state index in [2.05, 4.69) is 29.2 Å². The third-order valence-electron chi connectivity index (χ3n) is 4.07. The molecule has 4 nitrogen and oxygen atoms in total. The first-order valence-electron chi connectivity index (χ1n) is 7.41. The molecule has 1 fully saturated rings. The Morgan fingerprint density at radius 1 is 1.39 bits per heavy atom. The van der Waals surface area contributed by atoms with Crippen molar-refractivity contribution in [1.82, 2.24) is 20.1 Å². The number of hydrogen-bond acceptors (Lipinski definition) is 3. The quantitative estimate of drug-likeness (QED) is 0.844. The maximum Gasteiger partial charge on any atom is 0.140 e. The number of rotatable bonds is 6. The fraction of sp³-hybridized carbons (Fsp3) is 0.857. The molecule has 102 valence electrons. The third kappa shape index (κ3) is 3.55. The average Bonchev–Trinajstić information content (AvgIpc) is 2.85. The molecule has 0 unspecified atom stereocenters. The summed E-state index contributed by atoms with van der Waals surface area (Å²) in [5.74, 6) is 1.92. The van der Waals surface area contributed by atoms with Crippen molar-refractivity contribution < 1.29 is 0 Å². The van der Waals surface area contributed by atoms with Gasteiger partial charge >= 0.3 is 0 Å². The van der Waals surface area contributed by atoms with Gasteiger partial charge < -0.3 is 5.32 Å². The Kier molecular flexibility index (Phi) is 5.17. The first-order chi connectivity index (χ1) is 8.81. The van der Waals surface area contributed by atoms with Crippen molar-refractivity contribution in [3.05, 3.63) is 12.2 Å². The van der Waals surface area contributed by atoms with Gasteiger partial charge in [-0.15, -0.1) is 0 Å². The van der Waals surface area contributed by atoms with Crippen molar-refractivity contribution in [1.29, 1.82) is 0 Å². The number of nitrogens with one attached hydrogen (secondary N) is 1. The molecule has 1 heterocycles. The van der Waals surface area contributed by atoms with E-state index in [4.69, 9.17) is 0 Å². The van der Waals surface area contributed by atoms with Gasteiger partial charge in [0.15, 0.2) is 0 Å². The van der Waals surface area contributed by atoms with Gasteiger partial charge in [0.25, 0.3) is 0 Å². The van der Waals surface area contributed by atoms with E-state index in [0.717, 1.165) is 31.3 Å². The maximum atomic E-state index is 4.34. The summed E-state index contributed by atoms with van der Waals surface area (Å²) in [6, 6.07) is 0.595. The Hall–Kier alpha value is -0.900. The molecular weight excluding hydrogens is 224 g/mol. The predicted octanol–water partition coefficient (Wildman–Crippen LogP) is 2.75. The van der Waals surface area contributed by atoms with Crippen molar-refractivity contribution >= 4 is 0 Å². The molecule has 1 aliphatic carbocycles. The number of aromatic nitrogens is 3. The molecule has 0 aromatic carbocycles. The highest BCUT2D eigenvalue weighted by atomic mass is 15.3. The summed E-state index contributed by atoms with van der Waals surface area (Å²) in [5, 5.41) is 7.89. The van der Waals surface area contributed by atoms with Crippen LogP contribution in [0.5, 0.6) is 0 Å². The molecule has 1 N–H and O–H groups in total. The van der Waals surface area contributed by atoms with Crippen LogP contribution < -0.4 is 5.32 Å². The minimum absolute atomic E-state index is 0.595. The van der Waals surface area contributed by atoms with E-state index < -0.39 is 0 Å². The van der Waals surface area contributed by atoms with Crippen LogP contribution in [0.2, 0.25) is 0 Å². The van der Waals surface area contributed by atoms with Crippen molar-refractivity contribution in [3.8, 4) is 0 Å². The number of aryl methyl sites for hydroxylation is 1. The van der Waals surface area contributed by atoms with Gasteiger partial charge in [0.2, 0.25) is 0 Å². The van der Waals surface area contributed by atoms with Crippen LogP contribution in [-0.2, 0) is 13.1 Å². The van der Waals surface area contributed by atoms with E-state index in [1.54, 1.807) is 6.33 Å². The monoisotopic (exact) mass is 250 g/mol. The lowest BCUT2D eigenvalue weighted by molar-refractivity contribution is 0.278. The average molecular weight is 250 g/mol. The fourth-order valence-electron chi connectivity index (χ4n) is 2.88. The number of nitrogens with zero attached hydrogens (tertiary/aromatic N) is 3. The Bertz CT molecular complexity index is 341. The van der Waals surface area contributed by atoms with Crippen LogP contribution in [-0.4, -0.2) is 20.8 Å². The van der Waals surface area contributed by atoms with Gasteiger partial charge in [-0.3, -0.25) is 0 Å². The third-order valence-corrected chi connectivity index (χ3v) is 4.07. The van der Waals surface area contributed by atoms with Gasteiger partial charge in [-0.1, -0.05) is 26.2 Å². The second-order valence-corrected chi connectivity index (χ2v) is 5.47. The first-order valence-corrected chi connectivity index (χ1v) is 7.41. The van der Waals surface area contributed by atoms with Crippen LogP contribution in [0.25, 0.3) is 0 Å². The standard InChI is InChI=1S/C14H26N4/c1-3-9-18-14(16-11-17-18)10-15-12(2)13-7-5-4-6-8-13/h11-13,15H,3-10H2,1-2H3/t12-/m1/s1. The first kappa shape index (κ1) is 13.5. The van der Waals surface area contributed by atoms with Gasteiger partial charge in [0.1, 0.15) is 12.2 Å². The number of hydrogen-bond donors (Lipinski definition) is 1. The van der Waals surface area contributed by atoms with Crippen LogP contribution in [0.3, 0.4) is 0 Å². The molecule has 1 aromatic rings. The van der Waals surface area contributed by atoms with Crippen LogP contribution in [0.4, 0.5) is 0 Å². The Morgan fingerprint density at radius 2 is 2.17 bits per heavy atom. The van der Waals surface area contributed by atoms with Gasteiger partial charge in [-0.05, 0) is 32.1 Å². The topological polar surface area (TPSA) is 42.7 Å². The summed E-state index contributed by atoms with van der Waals surface area (Å²) < 4.78 is 2.01. The van der Waals surface area contributed by atoms with E-state index in [0.29, 0.717) is 6.04 Å². The molecule has 1 aromatic heterocycles. The van der Waals surface area contributed by atoms with E-state index in [-0.39, 0.29) is 0 Å². The highest BCUT2D eigenvalue weighted by Gasteiger charge is 2.19. The molecule has 0 amide bonds. The van der Waals surface area contributed by atoms with Gasteiger partial charge in [0, 0.05) is 12.6 Å². The molecule has 1 saturated carbocycles. The normalized spacial score (nSPS) is 19.0. The second kappa shape index (κ2) is 6.88. The lowest BCUT2D eigenvalue weighted by Crippen LogP contribution is -2.35. The van der Waals surface area contributed by atoms with Crippen LogP contribution in [0.1, 0.15) is 58.2 Å². The van der Waals surface area contributed by atoms with Gasteiger partial charge in [-0.2, -0.15) is 5.10 Å². The minimum Gasteiger partial charge on any atom is -0.307 e. The van der Waals surface area contributed by atoms with E-state index in [1.807, 2.05) is 4.68 Å². The van der Waals surface area contributed by atoms with Gasteiger partial charge in [0.05, 0.1) is 6.54 Å². The minimum atomic E-state index is 0.595. The Morgan fingerprint density at radius 3 is 2.89 bits per heavy atom. The molecule has 0 aliphatic heterocycles. The molecule has 0 saturated heterocycles. The second-order valence-electron chi connectivity index (χ2n) is 5.47. The summed E-state index contributed by atoms with van der Waals surface area (Å²) in [6.45, 7) is 6.30. The molecular formula is C14H26N4. The molecule has 4 heteroatoms. The van der Waals surface area contributed by atoms with Crippen molar-refractivity contribution in [3.63, 3.8) is 0 Å². The summed E-state index contributed by atoms with van der Waals surface area (Å²) in [6.07, 6.45) is 9.78. The lowest BCUT2D eigenvalue weighted by atomic mass is 9.84. The van der Waals surface area contributed by atoms with E-state index in [9.17, 15) is 0 Å². The molecule has 1 aliphatic rings. The Balaban J connectivity index is 1.80. The maximum absolute atomic E-state index is 4.34. The highest BCUT2D eigenvalue weighted by Crippen LogP contribution is 2.26. The van der Waals surface area contributed by atoms with E-state index >= 15 is 0 Å². The van der Waals surface area contributed by atoms with E-state index in [1.165, 1.54) is 32.1 Å². The molecule has 0 bridgehead atoms. The molecule has 18 heavy (non-hydrogen) atoms. The van der Waals surface area contributed by atoms with Gasteiger partial charge in [-0.25, -0.2) is 9.67 Å². The zero-order valence-electron chi connectivity index (χ0n) is 11.7. The summed E-state index contributed by atoms with van der Waals surface area (Å²) >= 11 is 0. The Labute approximate surface area is 110 Å². The van der Waals surface area contributed by atoms with Crippen LogP contribution >= 0.6 is 0 Å².